The predicted molar refractivity (Wildman–Crippen MR) is 64.7 cm³/mol. The van der Waals surface area contributed by atoms with E-state index in [9.17, 15) is 0 Å². The molecule has 0 aromatic rings. The Hall–Kier alpha value is -0.0800. The minimum Gasteiger partial charge on any atom is -0.313 e. The quantitative estimate of drug-likeness (QED) is 0.647. The maximum atomic E-state index is 3.57. The molecule has 0 radical (unpaired) electrons. The molecular formula is C12H28N2. The van der Waals surface area contributed by atoms with Gasteiger partial charge in [0.2, 0.25) is 0 Å². The first-order valence-electron chi connectivity index (χ1n) is 6.05. The van der Waals surface area contributed by atoms with Crippen LogP contribution in [0.15, 0.2) is 0 Å². The minimum atomic E-state index is 0.619. The molecule has 0 heterocycles. The van der Waals surface area contributed by atoms with Crippen molar-refractivity contribution in [2.75, 3.05) is 26.2 Å². The normalized spacial score (nSPS) is 13.9. The summed E-state index contributed by atoms with van der Waals surface area (Å²) in [6.07, 6.45) is 1.28. The Balaban J connectivity index is 3.48. The van der Waals surface area contributed by atoms with Crippen LogP contribution in [0.25, 0.3) is 0 Å². The topological polar surface area (TPSA) is 15.3 Å². The summed E-state index contributed by atoms with van der Waals surface area (Å²) >= 11 is 0. The van der Waals surface area contributed by atoms with Gasteiger partial charge >= 0.3 is 0 Å². The Morgan fingerprint density at radius 1 is 1.07 bits per heavy atom. The maximum Gasteiger partial charge on any atom is 0.0166 e. The number of rotatable bonds is 8. The fourth-order valence-corrected chi connectivity index (χ4v) is 1.55. The average molecular weight is 200 g/mol. The van der Waals surface area contributed by atoms with Gasteiger partial charge in [-0.25, -0.2) is 0 Å². The van der Waals surface area contributed by atoms with Gasteiger partial charge in [-0.05, 0) is 38.9 Å². The number of nitrogens with zero attached hydrogens (tertiary/aromatic N) is 1. The molecule has 2 nitrogen and oxygen atoms in total. The zero-order chi connectivity index (χ0) is 11.0. The van der Waals surface area contributed by atoms with Crippen molar-refractivity contribution < 1.29 is 0 Å². The average Bonchev–Trinajstić information content (AvgIpc) is 2.13. The molecule has 14 heavy (non-hydrogen) atoms. The van der Waals surface area contributed by atoms with E-state index < -0.39 is 0 Å². The molecule has 0 spiro atoms. The fraction of sp³-hybridized carbons (Fsp3) is 1.00. The van der Waals surface area contributed by atoms with E-state index in [1.807, 2.05) is 0 Å². The highest BCUT2D eigenvalue weighted by Crippen LogP contribution is 1.98. The van der Waals surface area contributed by atoms with E-state index >= 15 is 0 Å². The van der Waals surface area contributed by atoms with Gasteiger partial charge in [-0.2, -0.15) is 0 Å². The molecule has 2 heteroatoms. The Morgan fingerprint density at radius 2 is 1.64 bits per heavy atom. The zero-order valence-electron chi connectivity index (χ0n) is 10.6. The monoisotopic (exact) mass is 200 g/mol. The van der Waals surface area contributed by atoms with Crippen molar-refractivity contribution in [2.45, 2.75) is 47.1 Å². The van der Waals surface area contributed by atoms with Crippen molar-refractivity contribution in [1.29, 1.82) is 0 Å². The molecule has 0 aliphatic rings. The van der Waals surface area contributed by atoms with Crippen molar-refractivity contribution in [2.24, 2.45) is 5.92 Å². The van der Waals surface area contributed by atoms with Gasteiger partial charge in [-0.15, -0.1) is 0 Å². The predicted octanol–water partition coefficient (Wildman–Crippen LogP) is 2.35. The van der Waals surface area contributed by atoms with Crippen molar-refractivity contribution in [3.63, 3.8) is 0 Å². The number of likely N-dealkylation sites (N-methyl/N-ethyl adjacent to an activating group) is 1. The third kappa shape index (κ3) is 7.34. The molecule has 86 valence electrons. The van der Waals surface area contributed by atoms with Crippen LogP contribution in [0, 0.1) is 5.92 Å². The summed E-state index contributed by atoms with van der Waals surface area (Å²) < 4.78 is 0. The molecule has 0 aromatic heterocycles. The van der Waals surface area contributed by atoms with Gasteiger partial charge < -0.3 is 10.2 Å². The van der Waals surface area contributed by atoms with Gasteiger partial charge in [0, 0.05) is 12.6 Å². The summed E-state index contributed by atoms with van der Waals surface area (Å²) in [5, 5.41) is 3.57. The minimum absolute atomic E-state index is 0.619. The molecule has 0 fully saturated rings. The van der Waals surface area contributed by atoms with Crippen molar-refractivity contribution in [1.82, 2.24) is 10.2 Å². The van der Waals surface area contributed by atoms with E-state index in [2.05, 4.69) is 44.8 Å². The van der Waals surface area contributed by atoms with Crippen LogP contribution in [0.4, 0.5) is 0 Å². The second kappa shape index (κ2) is 8.25. The van der Waals surface area contributed by atoms with Crippen LogP contribution in [0.5, 0.6) is 0 Å². The summed E-state index contributed by atoms with van der Waals surface area (Å²) in [7, 11) is 0. The molecule has 1 atom stereocenters. The van der Waals surface area contributed by atoms with Crippen molar-refractivity contribution >= 4 is 0 Å². The van der Waals surface area contributed by atoms with E-state index in [4.69, 9.17) is 0 Å². The highest BCUT2D eigenvalue weighted by Gasteiger charge is 2.05. The highest BCUT2D eigenvalue weighted by atomic mass is 15.1. The van der Waals surface area contributed by atoms with Gasteiger partial charge in [-0.1, -0.05) is 27.7 Å². The van der Waals surface area contributed by atoms with E-state index in [1.165, 1.54) is 13.0 Å². The van der Waals surface area contributed by atoms with Crippen molar-refractivity contribution in [3.05, 3.63) is 0 Å². The molecule has 0 amide bonds. The highest BCUT2D eigenvalue weighted by molar-refractivity contribution is 4.66. The molecule has 0 saturated heterocycles. The maximum absolute atomic E-state index is 3.57. The van der Waals surface area contributed by atoms with Crippen LogP contribution < -0.4 is 5.32 Å². The SMILES string of the molecule is CCN(CC)CC(C)NCCC(C)C. The molecule has 0 aliphatic carbocycles. The Labute approximate surface area is 90.1 Å². The number of hydrogen-bond donors (Lipinski definition) is 1. The van der Waals surface area contributed by atoms with Gasteiger partial charge in [0.1, 0.15) is 0 Å². The second-order valence-corrected chi connectivity index (χ2v) is 4.52. The molecule has 0 saturated carbocycles. The zero-order valence-corrected chi connectivity index (χ0v) is 10.6. The van der Waals surface area contributed by atoms with E-state index in [0.717, 1.165) is 25.6 Å². The van der Waals surface area contributed by atoms with Crippen LogP contribution in [0.3, 0.4) is 0 Å². The van der Waals surface area contributed by atoms with Gasteiger partial charge in [-0.3, -0.25) is 0 Å². The lowest BCUT2D eigenvalue weighted by molar-refractivity contribution is 0.270. The summed E-state index contributed by atoms with van der Waals surface area (Å²) in [4.78, 5) is 2.47. The summed E-state index contributed by atoms with van der Waals surface area (Å²) in [6.45, 7) is 15.9. The molecule has 0 aliphatic heterocycles. The molecule has 0 aromatic carbocycles. The fourth-order valence-electron chi connectivity index (χ4n) is 1.55. The third-order valence-electron chi connectivity index (χ3n) is 2.64. The van der Waals surface area contributed by atoms with E-state index in [-0.39, 0.29) is 0 Å². The number of nitrogens with one attached hydrogen (secondary N) is 1. The molecule has 0 rings (SSSR count). The molecule has 1 unspecified atom stereocenters. The van der Waals surface area contributed by atoms with Gasteiger partial charge in [0.15, 0.2) is 0 Å². The summed E-state index contributed by atoms with van der Waals surface area (Å²) in [5.74, 6) is 0.808. The summed E-state index contributed by atoms with van der Waals surface area (Å²) in [6, 6.07) is 0.619. The van der Waals surface area contributed by atoms with Gasteiger partial charge in [0.05, 0.1) is 0 Å². The van der Waals surface area contributed by atoms with Crippen LogP contribution in [0.1, 0.15) is 41.0 Å². The molecule has 1 N–H and O–H groups in total. The van der Waals surface area contributed by atoms with Gasteiger partial charge in [0.25, 0.3) is 0 Å². The van der Waals surface area contributed by atoms with E-state index in [1.54, 1.807) is 0 Å². The van der Waals surface area contributed by atoms with Crippen LogP contribution in [0.2, 0.25) is 0 Å². The van der Waals surface area contributed by atoms with Crippen LogP contribution in [-0.4, -0.2) is 37.1 Å². The first-order valence-corrected chi connectivity index (χ1v) is 6.05. The Bertz CT molecular complexity index is 119. The lowest BCUT2D eigenvalue weighted by Crippen LogP contribution is -2.39. The first kappa shape index (κ1) is 13.9. The number of hydrogen-bond acceptors (Lipinski definition) is 2. The lowest BCUT2D eigenvalue weighted by Gasteiger charge is -2.23. The second-order valence-electron chi connectivity index (χ2n) is 4.52. The summed E-state index contributed by atoms with van der Waals surface area (Å²) in [5.41, 5.74) is 0. The Kier molecular flexibility index (Phi) is 8.20. The first-order chi connectivity index (χ1) is 6.60. The molecular weight excluding hydrogens is 172 g/mol. The van der Waals surface area contributed by atoms with Crippen molar-refractivity contribution in [3.8, 4) is 0 Å². The third-order valence-corrected chi connectivity index (χ3v) is 2.64. The standard InChI is InChI=1S/C12H28N2/c1-6-14(7-2)10-12(5)13-9-8-11(3)4/h11-13H,6-10H2,1-5H3. The molecule has 0 bridgehead atoms. The smallest absolute Gasteiger partial charge is 0.0166 e. The lowest BCUT2D eigenvalue weighted by atomic mass is 10.1. The van der Waals surface area contributed by atoms with Crippen LogP contribution in [-0.2, 0) is 0 Å². The largest absolute Gasteiger partial charge is 0.313 e. The van der Waals surface area contributed by atoms with E-state index in [0.29, 0.717) is 6.04 Å². The van der Waals surface area contributed by atoms with Crippen LogP contribution >= 0.6 is 0 Å². The Morgan fingerprint density at radius 3 is 2.07 bits per heavy atom.